The second kappa shape index (κ2) is 7.26. The van der Waals surface area contributed by atoms with Gasteiger partial charge >= 0.3 is 5.97 Å². The van der Waals surface area contributed by atoms with Crippen LogP contribution < -0.4 is 10.1 Å². The number of hydrogen-bond acceptors (Lipinski definition) is 4. The van der Waals surface area contributed by atoms with Crippen molar-refractivity contribution in [1.29, 1.82) is 0 Å². The van der Waals surface area contributed by atoms with Gasteiger partial charge in [0.15, 0.2) is 0 Å². The van der Waals surface area contributed by atoms with Gasteiger partial charge in [0, 0.05) is 12.1 Å². The second-order valence-electron chi connectivity index (χ2n) is 4.60. The summed E-state index contributed by atoms with van der Waals surface area (Å²) >= 11 is 0. The molecule has 0 atom stereocenters. The Morgan fingerprint density at radius 3 is 2.32 bits per heavy atom. The van der Waals surface area contributed by atoms with Crippen LogP contribution in [0.25, 0.3) is 0 Å². The van der Waals surface area contributed by atoms with Crippen LogP contribution in [0.15, 0.2) is 48.5 Å². The molecule has 22 heavy (non-hydrogen) atoms. The molecule has 0 saturated heterocycles. The molecule has 1 amide bonds. The molecule has 5 heteroatoms. The quantitative estimate of drug-likeness (QED) is 0.861. The highest BCUT2D eigenvalue weighted by Crippen LogP contribution is 2.12. The third-order valence-electron chi connectivity index (χ3n) is 3.16. The van der Waals surface area contributed by atoms with E-state index in [0.29, 0.717) is 17.7 Å². The molecule has 0 aliphatic carbocycles. The van der Waals surface area contributed by atoms with Crippen LogP contribution >= 0.6 is 0 Å². The highest BCUT2D eigenvalue weighted by molar-refractivity contribution is 5.96. The molecule has 5 nitrogen and oxygen atoms in total. The van der Waals surface area contributed by atoms with E-state index in [0.717, 1.165) is 11.3 Å². The lowest BCUT2D eigenvalue weighted by molar-refractivity contribution is 0.0600. The minimum atomic E-state index is -0.427. The first-order valence-electron chi connectivity index (χ1n) is 6.73. The van der Waals surface area contributed by atoms with E-state index in [1.54, 1.807) is 31.4 Å². The number of methoxy groups -OCH3 is 2. The first kappa shape index (κ1) is 15.6. The molecule has 0 bridgehead atoms. The van der Waals surface area contributed by atoms with Gasteiger partial charge in [-0.3, -0.25) is 4.79 Å². The highest BCUT2D eigenvalue weighted by atomic mass is 16.5. The Labute approximate surface area is 128 Å². The maximum Gasteiger partial charge on any atom is 0.337 e. The molecule has 0 saturated carbocycles. The molecule has 0 radical (unpaired) electrons. The average Bonchev–Trinajstić information content (AvgIpc) is 2.59. The Hall–Kier alpha value is -2.82. The number of benzene rings is 2. The van der Waals surface area contributed by atoms with Gasteiger partial charge in [-0.15, -0.1) is 0 Å². The lowest BCUT2D eigenvalue weighted by atomic mass is 10.1. The van der Waals surface area contributed by atoms with Gasteiger partial charge < -0.3 is 14.8 Å². The van der Waals surface area contributed by atoms with Crippen molar-refractivity contribution >= 4 is 11.9 Å². The zero-order valence-corrected chi connectivity index (χ0v) is 12.5. The van der Waals surface area contributed by atoms with Crippen LogP contribution in [0, 0.1) is 0 Å². The number of ether oxygens (including phenoxy) is 2. The molecule has 114 valence electrons. The van der Waals surface area contributed by atoms with Crippen LogP contribution in [0.5, 0.6) is 5.75 Å². The Balaban J connectivity index is 1.98. The van der Waals surface area contributed by atoms with E-state index in [4.69, 9.17) is 4.74 Å². The number of nitrogens with one attached hydrogen (secondary N) is 1. The zero-order valence-electron chi connectivity index (χ0n) is 12.5. The topological polar surface area (TPSA) is 64.6 Å². The van der Waals surface area contributed by atoms with E-state index >= 15 is 0 Å². The van der Waals surface area contributed by atoms with E-state index < -0.39 is 5.97 Å². The molecule has 2 rings (SSSR count). The average molecular weight is 299 g/mol. The number of amides is 1. The molecule has 0 unspecified atom stereocenters. The van der Waals surface area contributed by atoms with E-state index in [2.05, 4.69) is 10.1 Å². The van der Waals surface area contributed by atoms with Crippen molar-refractivity contribution in [3.63, 3.8) is 0 Å². The summed E-state index contributed by atoms with van der Waals surface area (Å²) in [6, 6.07) is 13.8. The van der Waals surface area contributed by atoms with Gasteiger partial charge in [0.25, 0.3) is 5.91 Å². The normalized spacial score (nSPS) is 9.91. The van der Waals surface area contributed by atoms with Crippen LogP contribution in [0.1, 0.15) is 26.3 Å². The van der Waals surface area contributed by atoms with Crippen molar-refractivity contribution in [3.8, 4) is 5.75 Å². The molecular formula is C17H17NO4. The van der Waals surface area contributed by atoms with E-state index in [1.165, 1.54) is 7.11 Å². The molecule has 0 aliphatic heterocycles. The third-order valence-corrected chi connectivity index (χ3v) is 3.16. The number of carbonyl (C=O) groups is 2. The SMILES string of the molecule is COC(=O)c1ccc(C(=O)NCc2cccc(OC)c2)cc1. The van der Waals surface area contributed by atoms with E-state index in [1.807, 2.05) is 24.3 Å². The summed E-state index contributed by atoms with van der Waals surface area (Å²) in [4.78, 5) is 23.4. The summed E-state index contributed by atoms with van der Waals surface area (Å²) in [7, 11) is 2.91. The number of hydrogen-bond donors (Lipinski definition) is 1. The Morgan fingerprint density at radius 1 is 1.00 bits per heavy atom. The van der Waals surface area contributed by atoms with Crippen molar-refractivity contribution in [3.05, 3.63) is 65.2 Å². The van der Waals surface area contributed by atoms with E-state index in [-0.39, 0.29) is 5.91 Å². The molecular weight excluding hydrogens is 282 g/mol. The molecule has 1 N–H and O–H groups in total. The van der Waals surface area contributed by atoms with Crippen molar-refractivity contribution in [2.45, 2.75) is 6.54 Å². The number of carbonyl (C=O) groups excluding carboxylic acids is 2. The molecule has 0 fully saturated rings. The molecule has 0 aliphatic rings. The maximum absolute atomic E-state index is 12.1. The van der Waals surface area contributed by atoms with E-state index in [9.17, 15) is 9.59 Å². The maximum atomic E-state index is 12.1. The molecule has 0 spiro atoms. The summed E-state index contributed by atoms with van der Waals surface area (Å²) < 4.78 is 9.75. The number of rotatable bonds is 5. The fourth-order valence-electron chi connectivity index (χ4n) is 1.94. The van der Waals surface area contributed by atoms with Gasteiger partial charge in [0.1, 0.15) is 5.75 Å². The van der Waals surface area contributed by atoms with Crippen LogP contribution in [0.3, 0.4) is 0 Å². The predicted octanol–water partition coefficient (Wildman–Crippen LogP) is 2.41. The standard InChI is InChI=1S/C17H17NO4/c1-21-15-5-3-4-12(10-15)11-18-16(19)13-6-8-14(9-7-13)17(20)22-2/h3-10H,11H2,1-2H3,(H,18,19). The Kier molecular flexibility index (Phi) is 5.14. The number of esters is 1. The predicted molar refractivity (Wildman–Crippen MR) is 81.9 cm³/mol. The Morgan fingerprint density at radius 2 is 1.68 bits per heavy atom. The van der Waals surface area contributed by atoms with Gasteiger partial charge in [-0.05, 0) is 42.0 Å². The minimum Gasteiger partial charge on any atom is -0.497 e. The van der Waals surface area contributed by atoms with Crippen molar-refractivity contribution in [2.24, 2.45) is 0 Å². The molecule has 2 aromatic rings. The first-order valence-corrected chi connectivity index (χ1v) is 6.73. The van der Waals surface area contributed by atoms with Gasteiger partial charge in [0.05, 0.1) is 19.8 Å². The van der Waals surface area contributed by atoms with Crippen LogP contribution in [-0.2, 0) is 11.3 Å². The zero-order chi connectivity index (χ0) is 15.9. The van der Waals surface area contributed by atoms with Gasteiger partial charge in [-0.2, -0.15) is 0 Å². The minimum absolute atomic E-state index is 0.209. The summed E-state index contributed by atoms with van der Waals surface area (Å²) in [5.41, 5.74) is 1.83. The molecule has 0 aromatic heterocycles. The van der Waals surface area contributed by atoms with Gasteiger partial charge in [-0.1, -0.05) is 12.1 Å². The van der Waals surface area contributed by atoms with Crippen molar-refractivity contribution in [1.82, 2.24) is 5.32 Å². The Bertz CT molecular complexity index is 665. The first-order chi connectivity index (χ1) is 10.6. The van der Waals surface area contributed by atoms with Crippen LogP contribution in [-0.4, -0.2) is 26.1 Å². The van der Waals surface area contributed by atoms with Gasteiger partial charge in [-0.25, -0.2) is 4.79 Å². The largest absolute Gasteiger partial charge is 0.497 e. The fraction of sp³-hybridized carbons (Fsp3) is 0.176. The van der Waals surface area contributed by atoms with Gasteiger partial charge in [0.2, 0.25) is 0 Å². The van der Waals surface area contributed by atoms with Crippen LogP contribution in [0.2, 0.25) is 0 Å². The summed E-state index contributed by atoms with van der Waals surface area (Å²) in [5.74, 6) is 0.108. The van der Waals surface area contributed by atoms with Crippen molar-refractivity contribution in [2.75, 3.05) is 14.2 Å². The smallest absolute Gasteiger partial charge is 0.337 e. The fourth-order valence-corrected chi connectivity index (χ4v) is 1.94. The summed E-state index contributed by atoms with van der Waals surface area (Å²) in [6.07, 6.45) is 0. The second-order valence-corrected chi connectivity index (χ2v) is 4.60. The van der Waals surface area contributed by atoms with Crippen molar-refractivity contribution < 1.29 is 19.1 Å². The highest BCUT2D eigenvalue weighted by Gasteiger charge is 2.08. The summed E-state index contributed by atoms with van der Waals surface area (Å²) in [6.45, 7) is 0.398. The summed E-state index contributed by atoms with van der Waals surface area (Å²) in [5, 5.41) is 2.82. The van der Waals surface area contributed by atoms with Crippen LogP contribution in [0.4, 0.5) is 0 Å². The monoisotopic (exact) mass is 299 g/mol. The lowest BCUT2D eigenvalue weighted by Gasteiger charge is -2.07. The third kappa shape index (κ3) is 3.85. The lowest BCUT2D eigenvalue weighted by Crippen LogP contribution is -2.22. The molecule has 0 heterocycles. The molecule has 2 aromatic carbocycles.